The van der Waals surface area contributed by atoms with E-state index in [9.17, 15) is 9.90 Å². The van der Waals surface area contributed by atoms with Crippen LogP contribution in [-0.4, -0.2) is 61.9 Å². The number of rotatable bonds is 8. The fourth-order valence-corrected chi connectivity index (χ4v) is 1.29. The van der Waals surface area contributed by atoms with E-state index in [1.165, 1.54) is 7.11 Å². The number of nitrogens with one attached hydrogen (secondary N) is 1. The average molecular weight is 218 g/mol. The molecule has 0 saturated heterocycles. The Morgan fingerprint density at radius 1 is 1.47 bits per heavy atom. The van der Waals surface area contributed by atoms with E-state index in [0.29, 0.717) is 6.54 Å². The molecule has 0 saturated carbocycles. The Morgan fingerprint density at radius 3 is 2.53 bits per heavy atom. The average Bonchev–Trinajstić information content (AvgIpc) is 2.20. The van der Waals surface area contributed by atoms with Gasteiger partial charge < -0.3 is 20.1 Å². The van der Waals surface area contributed by atoms with E-state index in [1.54, 1.807) is 4.90 Å². The van der Waals surface area contributed by atoms with E-state index in [0.717, 1.165) is 13.1 Å². The molecule has 0 aromatic heterocycles. The fourth-order valence-electron chi connectivity index (χ4n) is 1.29. The summed E-state index contributed by atoms with van der Waals surface area (Å²) in [7, 11) is 1.53. The van der Waals surface area contributed by atoms with Crippen LogP contribution in [0.4, 0.5) is 0 Å². The van der Waals surface area contributed by atoms with Crippen LogP contribution in [0.2, 0.25) is 0 Å². The van der Waals surface area contributed by atoms with Crippen molar-refractivity contribution in [2.75, 3.05) is 39.9 Å². The van der Waals surface area contributed by atoms with Crippen LogP contribution in [0.1, 0.15) is 13.8 Å². The highest BCUT2D eigenvalue weighted by Gasteiger charge is 2.09. The molecular formula is C10H22N2O3. The van der Waals surface area contributed by atoms with Crippen LogP contribution in [-0.2, 0) is 9.53 Å². The normalized spacial score (nSPS) is 12.5. The molecule has 1 unspecified atom stereocenters. The van der Waals surface area contributed by atoms with Gasteiger partial charge in [-0.3, -0.25) is 4.79 Å². The molecule has 5 heteroatoms. The highest BCUT2D eigenvalue weighted by atomic mass is 16.5. The van der Waals surface area contributed by atoms with Crippen molar-refractivity contribution in [1.29, 1.82) is 0 Å². The van der Waals surface area contributed by atoms with Crippen molar-refractivity contribution in [3.63, 3.8) is 0 Å². The summed E-state index contributed by atoms with van der Waals surface area (Å²) in [6.45, 7) is 6.26. The number of likely N-dealkylation sites (N-methyl/N-ethyl adjacent to an activating group) is 1. The zero-order valence-electron chi connectivity index (χ0n) is 9.82. The Hall–Kier alpha value is -0.650. The lowest BCUT2D eigenvalue weighted by Gasteiger charge is -2.19. The number of carbonyl (C=O) groups excluding carboxylic acids is 1. The summed E-state index contributed by atoms with van der Waals surface area (Å²) in [5, 5.41) is 12.2. The number of aliphatic hydroxyl groups is 1. The molecule has 0 radical (unpaired) electrons. The minimum atomic E-state index is -0.556. The molecular weight excluding hydrogens is 196 g/mol. The van der Waals surface area contributed by atoms with Crippen LogP contribution in [0.15, 0.2) is 0 Å². The number of hydrogen-bond donors (Lipinski definition) is 2. The largest absolute Gasteiger partial charge is 0.389 e. The quantitative estimate of drug-likeness (QED) is 0.574. The molecule has 0 aliphatic rings. The van der Waals surface area contributed by atoms with Crippen molar-refractivity contribution in [2.45, 2.75) is 20.0 Å². The first kappa shape index (κ1) is 14.3. The van der Waals surface area contributed by atoms with Gasteiger partial charge in [-0.2, -0.15) is 0 Å². The van der Waals surface area contributed by atoms with Gasteiger partial charge in [-0.15, -0.1) is 0 Å². The first-order valence-corrected chi connectivity index (χ1v) is 5.31. The smallest absolute Gasteiger partial charge is 0.236 e. The zero-order chi connectivity index (χ0) is 11.7. The Bertz CT molecular complexity index is 172. The Kier molecular flexibility index (Phi) is 8.27. The number of ether oxygens (including phenoxy) is 1. The topological polar surface area (TPSA) is 61.8 Å². The Morgan fingerprint density at radius 2 is 2.07 bits per heavy atom. The summed E-state index contributed by atoms with van der Waals surface area (Å²) in [4.78, 5) is 13.2. The maximum absolute atomic E-state index is 11.5. The third kappa shape index (κ3) is 6.43. The molecule has 0 aliphatic heterocycles. The van der Waals surface area contributed by atoms with Gasteiger partial charge in [0.1, 0.15) is 0 Å². The predicted molar refractivity (Wildman–Crippen MR) is 58.7 cm³/mol. The first-order valence-electron chi connectivity index (χ1n) is 5.31. The van der Waals surface area contributed by atoms with Crippen LogP contribution in [0.3, 0.4) is 0 Å². The number of nitrogens with zero attached hydrogens (tertiary/aromatic N) is 1. The fraction of sp³-hybridized carbons (Fsp3) is 0.900. The van der Waals surface area contributed by atoms with Crippen LogP contribution in [0.25, 0.3) is 0 Å². The van der Waals surface area contributed by atoms with Crippen LogP contribution >= 0.6 is 0 Å². The van der Waals surface area contributed by atoms with Crippen molar-refractivity contribution >= 4 is 5.91 Å². The molecule has 5 nitrogen and oxygen atoms in total. The summed E-state index contributed by atoms with van der Waals surface area (Å²) in [6.07, 6.45) is -0.556. The van der Waals surface area contributed by atoms with E-state index in [4.69, 9.17) is 4.74 Å². The molecule has 90 valence electrons. The SMILES string of the molecule is CCN(CC)C(=O)CNCC(O)COC. The van der Waals surface area contributed by atoms with Crippen molar-refractivity contribution in [3.05, 3.63) is 0 Å². The van der Waals surface area contributed by atoms with Gasteiger partial charge in [0, 0.05) is 26.7 Å². The second-order valence-corrected chi connectivity index (χ2v) is 3.31. The molecule has 0 aromatic rings. The molecule has 0 bridgehead atoms. The summed E-state index contributed by atoms with van der Waals surface area (Å²) in [6, 6.07) is 0. The Balaban J connectivity index is 3.62. The van der Waals surface area contributed by atoms with E-state index < -0.39 is 6.10 Å². The van der Waals surface area contributed by atoms with E-state index in [1.807, 2.05) is 13.8 Å². The van der Waals surface area contributed by atoms with Crippen LogP contribution in [0, 0.1) is 0 Å². The highest BCUT2D eigenvalue weighted by Crippen LogP contribution is 1.88. The van der Waals surface area contributed by atoms with Crippen molar-refractivity contribution in [3.8, 4) is 0 Å². The van der Waals surface area contributed by atoms with Crippen molar-refractivity contribution < 1.29 is 14.6 Å². The van der Waals surface area contributed by atoms with Gasteiger partial charge in [-0.05, 0) is 13.8 Å². The molecule has 0 spiro atoms. The number of hydrogen-bond acceptors (Lipinski definition) is 4. The molecule has 15 heavy (non-hydrogen) atoms. The maximum atomic E-state index is 11.5. The zero-order valence-corrected chi connectivity index (χ0v) is 9.82. The summed E-state index contributed by atoms with van der Waals surface area (Å²) < 4.78 is 4.77. The van der Waals surface area contributed by atoms with Crippen molar-refractivity contribution in [2.24, 2.45) is 0 Å². The molecule has 0 aromatic carbocycles. The lowest BCUT2D eigenvalue weighted by atomic mass is 10.3. The number of aliphatic hydroxyl groups excluding tert-OH is 1. The molecule has 2 N–H and O–H groups in total. The highest BCUT2D eigenvalue weighted by molar-refractivity contribution is 5.78. The predicted octanol–water partition coefficient (Wildman–Crippen LogP) is -0.548. The summed E-state index contributed by atoms with van der Waals surface area (Å²) >= 11 is 0. The van der Waals surface area contributed by atoms with E-state index in [2.05, 4.69) is 5.32 Å². The van der Waals surface area contributed by atoms with Gasteiger partial charge in [0.05, 0.1) is 19.3 Å². The molecule has 0 rings (SSSR count). The summed E-state index contributed by atoms with van der Waals surface area (Å²) in [5.41, 5.74) is 0. The Labute approximate surface area is 91.4 Å². The second-order valence-electron chi connectivity index (χ2n) is 3.31. The lowest BCUT2D eigenvalue weighted by molar-refractivity contribution is -0.129. The number of carbonyl (C=O) groups is 1. The summed E-state index contributed by atoms with van der Waals surface area (Å²) in [5.74, 6) is 0.0598. The molecule has 1 atom stereocenters. The molecule has 0 aliphatic carbocycles. The molecule has 0 heterocycles. The van der Waals surface area contributed by atoms with Crippen molar-refractivity contribution in [1.82, 2.24) is 10.2 Å². The minimum absolute atomic E-state index is 0.0598. The van der Waals surface area contributed by atoms with E-state index >= 15 is 0 Å². The lowest BCUT2D eigenvalue weighted by Crippen LogP contribution is -2.40. The third-order valence-electron chi connectivity index (χ3n) is 2.13. The second kappa shape index (κ2) is 8.64. The van der Waals surface area contributed by atoms with Gasteiger partial charge >= 0.3 is 0 Å². The van der Waals surface area contributed by atoms with Gasteiger partial charge in [-0.1, -0.05) is 0 Å². The van der Waals surface area contributed by atoms with Gasteiger partial charge in [0.2, 0.25) is 5.91 Å². The standard InChI is InChI=1S/C10H22N2O3/c1-4-12(5-2)10(14)7-11-6-9(13)8-15-3/h9,11,13H,4-8H2,1-3H3. The van der Waals surface area contributed by atoms with Gasteiger partial charge in [0.15, 0.2) is 0 Å². The van der Waals surface area contributed by atoms with Crippen LogP contribution in [0.5, 0.6) is 0 Å². The maximum Gasteiger partial charge on any atom is 0.236 e. The number of amides is 1. The van der Waals surface area contributed by atoms with Gasteiger partial charge in [0.25, 0.3) is 0 Å². The van der Waals surface area contributed by atoms with E-state index in [-0.39, 0.29) is 19.1 Å². The number of methoxy groups -OCH3 is 1. The first-order chi connectivity index (χ1) is 7.15. The monoisotopic (exact) mass is 218 g/mol. The van der Waals surface area contributed by atoms with Crippen LogP contribution < -0.4 is 5.32 Å². The van der Waals surface area contributed by atoms with Gasteiger partial charge in [-0.25, -0.2) is 0 Å². The molecule has 0 fully saturated rings. The molecule has 1 amide bonds. The third-order valence-corrected chi connectivity index (χ3v) is 2.13. The minimum Gasteiger partial charge on any atom is -0.389 e.